The number of nitrogens with zero attached hydrogens (tertiary/aromatic N) is 4. The van der Waals surface area contributed by atoms with Crippen LogP contribution >= 0.6 is 11.3 Å². The van der Waals surface area contributed by atoms with Gasteiger partial charge < -0.3 is 15.0 Å². The summed E-state index contributed by atoms with van der Waals surface area (Å²) in [6.45, 7) is 3.90. The van der Waals surface area contributed by atoms with Crippen molar-refractivity contribution in [3.05, 3.63) is 41.4 Å². The zero-order valence-corrected chi connectivity index (χ0v) is 11.8. The van der Waals surface area contributed by atoms with Crippen molar-refractivity contribution in [1.29, 1.82) is 0 Å². The van der Waals surface area contributed by atoms with E-state index in [1.807, 2.05) is 6.07 Å². The second kappa shape index (κ2) is 5.92. The molecule has 0 amide bonds. The highest BCUT2D eigenvalue weighted by molar-refractivity contribution is 7.17. The highest BCUT2D eigenvalue weighted by Crippen LogP contribution is 2.24. The van der Waals surface area contributed by atoms with Crippen LogP contribution in [0.5, 0.6) is 0 Å². The predicted molar refractivity (Wildman–Crippen MR) is 82.4 cm³/mol. The van der Waals surface area contributed by atoms with Gasteiger partial charge in [0.1, 0.15) is 0 Å². The number of para-hydroxylation sites is 1. The first-order valence-corrected chi connectivity index (χ1v) is 7.36. The van der Waals surface area contributed by atoms with Gasteiger partial charge >= 0.3 is 0 Å². The van der Waals surface area contributed by atoms with Gasteiger partial charge in [0.15, 0.2) is 5.13 Å². The smallest absolute Gasteiger partial charge is 0.185 e. The van der Waals surface area contributed by atoms with Crippen molar-refractivity contribution < 1.29 is 5.21 Å². The number of piperazine rings is 1. The fourth-order valence-corrected chi connectivity index (χ4v) is 3.17. The number of anilines is 2. The minimum Gasteiger partial charge on any atom is -0.411 e. The topological polar surface area (TPSA) is 52.0 Å². The Morgan fingerprint density at radius 1 is 1.10 bits per heavy atom. The summed E-state index contributed by atoms with van der Waals surface area (Å²) in [7, 11) is 0. The largest absolute Gasteiger partial charge is 0.411 e. The Morgan fingerprint density at radius 3 is 2.50 bits per heavy atom. The number of aromatic nitrogens is 1. The lowest BCUT2D eigenvalue weighted by Gasteiger charge is -2.35. The van der Waals surface area contributed by atoms with E-state index in [0.29, 0.717) is 0 Å². The van der Waals surface area contributed by atoms with E-state index in [0.717, 1.165) is 36.2 Å². The highest BCUT2D eigenvalue weighted by atomic mass is 32.1. The van der Waals surface area contributed by atoms with Gasteiger partial charge in [-0.15, -0.1) is 0 Å². The van der Waals surface area contributed by atoms with Crippen LogP contribution in [0.25, 0.3) is 0 Å². The molecule has 2 heterocycles. The zero-order valence-electron chi connectivity index (χ0n) is 11.0. The van der Waals surface area contributed by atoms with Gasteiger partial charge in [-0.05, 0) is 12.1 Å². The molecule has 0 aliphatic carbocycles. The molecular formula is C14H16N4OS. The van der Waals surface area contributed by atoms with E-state index in [1.54, 1.807) is 17.5 Å². The van der Waals surface area contributed by atoms with Crippen molar-refractivity contribution in [3.63, 3.8) is 0 Å². The Labute approximate surface area is 121 Å². The van der Waals surface area contributed by atoms with Gasteiger partial charge in [0.05, 0.1) is 11.1 Å². The maximum atomic E-state index is 8.53. The molecule has 20 heavy (non-hydrogen) atoms. The van der Waals surface area contributed by atoms with Crippen LogP contribution in [0.3, 0.4) is 0 Å². The van der Waals surface area contributed by atoms with Crippen LogP contribution in [-0.4, -0.2) is 42.6 Å². The van der Waals surface area contributed by atoms with E-state index in [4.69, 9.17) is 5.21 Å². The molecule has 0 bridgehead atoms. The van der Waals surface area contributed by atoms with Gasteiger partial charge in [0, 0.05) is 38.1 Å². The minimum atomic E-state index is 0.869. The first-order chi connectivity index (χ1) is 9.86. The van der Waals surface area contributed by atoms with Gasteiger partial charge in [0.2, 0.25) is 0 Å². The number of benzene rings is 1. The summed E-state index contributed by atoms with van der Waals surface area (Å²) in [5.41, 5.74) is 1.28. The van der Waals surface area contributed by atoms with Crippen molar-refractivity contribution in [2.75, 3.05) is 36.0 Å². The summed E-state index contributed by atoms with van der Waals surface area (Å²) >= 11 is 1.55. The molecule has 0 radical (unpaired) electrons. The molecule has 1 N–H and O–H groups in total. The summed E-state index contributed by atoms with van der Waals surface area (Å²) in [4.78, 5) is 9.91. The summed E-state index contributed by atoms with van der Waals surface area (Å²) < 4.78 is 0. The summed E-state index contributed by atoms with van der Waals surface area (Å²) in [5.74, 6) is 0. The van der Waals surface area contributed by atoms with E-state index in [9.17, 15) is 0 Å². The second-order valence-corrected chi connectivity index (χ2v) is 5.64. The highest BCUT2D eigenvalue weighted by Gasteiger charge is 2.19. The Balaban J connectivity index is 1.63. The van der Waals surface area contributed by atoms with Crippen LogP contribution < -0.4 is 9.80 Å². The third-order valence-corrected chi connectivity index (χ3v) is 4.36. The molecule has 1 aliphatic heterocycles. The van der Waals surface area contributed by atoms with Crippen LogP contribution in [-0.2, 0) is 0 Å². The lowest BCUT2D eigenvalue weighted by atomic mass is 10.2. The average Bonchev–Trinajstić information content (AvgIpc) is 2.97. The number of hydrogen-bond donors (Lipinski definition) is 1. The molecule has 5 nitrogen and oxygen atoms in total. The molecule has 0 spiro atoms. The third-order valence-electron chi connectivity index (χ3n) is 3.37. The minimum absolute atomic E-state index is 0.869. The maximum Gasteiger partial charge on any atom is 0.185 e. The van der Waals surface area contributed by atoms with Crippen molar-refractivity contribution in [1.82, 2.24) is 4.98 Å². The molecule has 1 aromatic carbocycles. The number of thiazole rings is 1. The SMILES string of the molecule is O/N=C/c1cnc(N2CCN(c3ccccc3)CC2)s1. The van der Waals surface area contributed by atoms with Crippen molar-refractivity contribution in [2.24, 2.45) is 5.16 Å². The van der Waals surface area contributed by atoms with Crippen LogP contribution in [0.15, 0.2) is 41.7 Å². The monoisotopic (exact) mass is 288 g/mol. The molecule has 3 rings (SSSR count). The number of oxime groups is 1. The molecular weight excluding hydrogens is 272 g/mol. The lowest BCUT2D eigenvalue weighted by Crippen LogP contribution is -2.46. The maximum absolute atomic E-state index is 8.53. The fourth-order valence-electron chi connectivity index (χ4n) is 2.33. The van der Waals surface area contributed by atoms with E-state index in [2.05, 4.69) is 44.2 Å². The molecule has 1 saturated heterocycles. The number of rotatable bonds is 3. The number of hydrogen-bond acceptors (Lipinski definition) is 6. The van der Waals surface area contributed by atoms with Gasteiger partial charge in [-0.25, -0.2) is 4.98 Å². The quantitative estimate of drug-likeness (QED) is 0.535. The molecule has 1 aliphatic rings. The first-order valence-electron chi connectivity index (χ1n) is 6.55. The Kier molecular flexibility index (Phi) is 3.83. The van der Waals surface area contributed by atoms with E-state index in [1.165, 1.54) is 11.9 Å². The molecule has 0 saturated carbocycles. The van der Waals surface area contributed by atoms with Crippen LogP contribution in [0.4, 0.5) is 10.8 Å². The second-order valence-electron chi connectivity index (χ2n) is 4.60. The summed E-state index contributed by atoms with van der Waals surface area (Å²) in [6.07, 6.45) is 3.16. The first kappa shape index (κ1) is 12.9. The molecule has 0 atom stereocenters. The van der Waals surface area contributed by atoms with Crippen LogP contribution in [0.1, 0.15) is 4.88 Å². The van der Waals surface area contributed by atoms with Gasteiger partial charge in [-0.1, -0.05) is 34.7 Å². The van der Waals surface area contributed by atoms with Crippen molar-refractivity contribution in [3.8, 4) is 0 Å². The summed E-state index contributed by atoms with van der Waals surface area (Å²) in [6, 6.07) is 10.5. The average molecular weight is 288 g/mol. The van der Waals surface area contributed by atoms with E-state index >= 15 is 0 Å². The molecule has 1 aromatic heterocycles. The predicted octanol–water partition coefficient (Wildman–Crippen LogP) is 2.28. The van der Waals surface area contributed by atoms with Crippen LogP contribution in [0, 0.1) is 0 Å². The molecule has 104 valence electrons. The molecule has 2 aromatic rings. The zero-order chi connectivity index (χ0) is 13.8. The van der Waals surface area contributed by atoms with E-state index < -0.39 is 0 Å². The van der Waals surface area contributed by atoms with Crippen LogP contribution in [0.2, 0.25) is 0 Å². The molecule has 6 heteroatoms. The fraction of sp³-hybridized carbons (Fsp3) is 0.286. The van der Waals surface area contributed by atoms with Gasteiger partial charge in [-0.2, -0.15) is 0 Å². The molecule has 1 fully saturated rings. The van der Waals surface area contributed by atoms with Crippen molar-refractivity contribution in [2.45, 2.75) is 0 Å². The Hall–Kier alpha value is -2.08. The Bertz CT molecular complexity index is 576. The van der Waals surface area contributed by atoms with Gasteiger partial charge in [0.25, 0.3) is 0 Å². The standard InChI is InChI=1S/C14H16N4OS/c19-16-11-13-10-15-14(20-13)18-8-6-17(7-9-18)12-4-2-1-3-5-12/h1-5,10-11,19H,6-9H2/b16-11+. The third kappa shape index (κ3) is 2.75. The van der Waals surface area contributed by atoms with Crippen molar-refractivity contribution >= 4 is 28.4 Å². The van der Waals surface area contributed by atoms with E-state index in [-0.39, 0.29) is 0 Å². The lowest BCUT2D eigenvalue weighted by molar-refractivity contribution is 0.322. The normalized spacial score (nSPS) is 16.0. The molecule has 0 unspecified atom stereocenters. The Morgan fingerprint density at radius 2 is 1.80 bits per heavy atom. The summed E-state index contributed by atoms with van der Waals surface area (Å²) in [5, 5.41) is 12.6. The van der Waals surface area contributed by atoms with Gasteiger partial charge in [-0.3, -0.25) is 0 Å².